The van der Waals surface area contributed by atoms with Crippen LogP contribution in [0.3, 0.4) is 0 Å². The summed E-state index contributed by atoms with van der Waals surface area (Å²) in [5.74, 6) is 1.75. The molecule has 0 aliphatic carbocycles. The lowest BCUT2D eigenvalue weighted by Gasteiger charge is -2.14. The van der Waals surface area contributed by atoms with E-state index >= 15 is 0 Å². The average Bonchev–Trinajstić information content (AvgIpc) is 2.94. The summed E-state index contributed by atoms with van der Waals surface area (Å²) in [6, 6.07) is 6.75. The van der Waals surface area contributed by atoms with Gasteiger partial charge in [-0.15, -0.1) is 0 Å². The van der Waals surface area contributed by atoms with Crippen molar-refractivity contribution in [3.63, 3.8) is 0 Å². The summed E-state index contributed by atoms with van der Waals surface area (Å²) in [7, 11) is 0. The summed E-state index contributed by atoms with van der Waals surface area (Å²) in [5.41, 5.74) is 1.31. The molecule has 0 saturated carbocycles. The normalized spacial score (nSPS) is 14.4. The highest BCUT2D eigenvalue weighted by Crippen LogP contribution is 2.32. The first-order chi connectivity index (χ1) is 10.3. The number of ether oxygens (including phenoxy) is 2. The molecule has 1 aliphatic heterocycles. The Morgan fingerprint density at radius 1 is 1.05 bits per heavy atom. The molecule has 1 N–H and O–H groups in total. The Hall–Kier alpha value is -1.22. The van der Waals surface area contributed by atoms with Gasteiger partial charge in [-0.2, -0.15) is 0 Å². The van der Waals surface area contributed by atoms with Crippen LogP contribution in [0.4, 0.5) is 0 Å². The van der Waals surface area contributed by atoms with E-state index in [4.69, 9.17) is 9.47 Å². The largest absolute Gasteiger partial charge is 0.454 e. The lowest BCUT2D eigenvalue weighted by atomic mass is 10.1. The van der Waals surface area contributed by atoms with Crippen molar-refractivity contribution in [2.75, 3.05) is 13.3 Å². The molecule has 21 heavy (non-hydrogen) atoms. The first-order valence-electron chi connectivity index (χ1n) is 8.41. The van der Waals surface area contributed by atoms with Crippen LogP contribution in [0.15, 0.2) is 18.2 Å². The molecular weight excluding hydrogens is 262 g/mol. The van der Waals surface area contributed by atoms with Gasteiger partial charge < -0.3 is 14.8 Å². The minimum absolute atomic E-state index is 0.352. The summed E-state index contributed by atoms with van der Waals surface area (Å²) in [6.07, 6.45) is 9.15. The number of hydrogen-bond donors (Lipinski definition) is 1. The lowest BCUT2D eigenvalue weighted by Crippen LogP contribution is -2.28. The standard InChI is InChI=1S/C18H29NO2/c1-3-4-5-6-7-8-11-19-15(2)12-16-9-10-17-18(13-16)21-14-20-17/h9-10,13,15,19H,3-8,11-12,14H2,1-2H3. The molecule has 0 saturated heterocycles. The zero-order valence-electron chi connectivity index (χ0n) is 13.5. The van der Waals surface area contributed by atoms with E-state index < -0.39 is 0 Å². The van der Waals surface area contributed by atoms with Crippen LogP contribution in [0.25, 0.3) is 0 Å². The van der Waals surface area contributed by atoms with Crippen LogP contribution in [-0.4, -0.2) is 19.4 Å². The maximum atomic E-state index is 5.42. The van der Waals surface area contributed by atoms with E-state index in [0.29, 0.717) is 12.8 Å². The first-order valence-corrected chi connectivity index (χ1v) is 8.41. The third kappa shape index (κ3) is 5.58. The van der Waals surface area contributed by atoms with E-state index in [0.717, 1.165) is 24.5 Å². The Balaban J connectivity index is 1.60. The van der Waals surface area contributed by atoms with Crippen molar-refractivity contribution in [3.8, 4) is 11.5 Å². The first kappa shape index (κ1) is 16.2. The summed E-state index contributed by atoms with van der Waals surface area (Å²) in [6.45, 7) is 5.99. The molecule has 1 aliphatic rings. The van der Waals surface area contributed by atoms with Gasteiger partial charge in [0.15, 0.2) is 11.5 Å². The van der Waals surface area contributed by atoms with E-state index in [1.54, 1.807) is 0 Å². The molecule has 0 amide bonds. The van der Waals surface area contributed by atoms with Crippen LogP contribution in [-0.2, 0) is 6.42 Å². The summed E-state index contributed by atoms with van der Waals surface area (Å²) < 4.78 is 10.8. The Morgan fingerprint density at radius 2 is 1.81 bits per heavy atom. The van der Waals surface area contributed by atoms with Gasteiger partial charge in [0.1, 0.15) is 0 Å². The SMILES string of the molecule is CCCCCCCCNC(C)Cc1ccc2c(c1)OCO2. The summed E-state index contributed by atoms with van der Waals surface area (Å²) in [5, 5.41) is 3.62. The molecule has 1 aromatic carbocycles. The van der Waals surface area contributed by atoms with Gasteiger partial charge in [-0.25, -0.2) is 0 Å². The van der Waals surface area contributed by atoms with Crippen molar-refractivity contribution in [2.24, 2.45) is 0 Å². The van der Waals surface area contributed by atoms with E-state index in [1.807, 2.05) is 6.07 Å². The number of nitrogens with one attached hydrogen (secondary N) is 1. The maximum absolute atomic E-state index is 5.42. The Kier molecular flexibility index (Phi) is 6.87. The minimum atomic E-state index is 0.352. The van der Waals surface area contributed by atoms with E-state index in [9.17, 15) is 0 Å². The van der Waals surface area contributed by atoms with Crippen LogP contribution in [0.1, 0.15) is 57.9 Å². The molecule has 0 radical (unpaired) electrons. The van der Waals surface area contributed by atoms with Crippen molar-refractivity contribution < 1.29 is 9.47 Å². The van der Waals surface area contributed by atoms with Crippen LogP contribution in [0.2, 0.25) is 0 Å². The fourth-order valence-corrected chi connectivity index (χ4v) is 2.75. The van der Waals surface area contributed by atoms with Gasteiger partial charge in [0.05, 0.1) is 0 Å². The topological polar surface area (TPSA) is 30.5 Å². The molecule has 0 spiro atoms. The molecule has 0 bridgehead atoms. The fraction of sp³-hybridized carbons (Fsp3) is 0.667. The van der Waals surface area contributed by atoms with Crippen molar-refractivity contribution in [3.05, 3.63) is 23.8 Å². The maximum Gasteiger partial charge on any atom is 0.231 e. The van der Waals surface area contributed by atoms with Gasteiger partial charge in [-0.05, 0) is 44.0 Å². The fourth-order valence-electron chi connectivity index (χ4n) is 2.75. The van der Waals surface area contributed by atoms with Crippen molar-refractivity contribution in [1.29, 1.82) is 0 Å². The summed E-state index contributed by atoms with van der Waals surface area (Å²) >= 11 is 0. The Bertz CT molecular complexity index is 420. The van der Waals surface area contributed by atoms with E-state index in [-0.39, 0.29) is 0 Å². The molecule has 1 heterocycles. The Labute approximate surface area is 129 Å². The third-order valence-electron chi connectivity index (χ3n) is 4.00. The second-order valence-electron chi connectivity index (χ2n) is 6.01. The smallest absolute Gasteiger partial charge is 0.231 e. The average molecular weight is 291 g/mol. The number of hydrogen-bond acceptors (Lipinski definition) is 3. The van der Waals surface area contributed by atoms with Gasteiger partial charge in [0.2, 0.25) is 6.79 Å². The molecular formula is C18H29NO2. The lowest BCUT2D eigenvalue weighted by molar-refractivity contribution is 0.174. The van der Waals surface area contributed by atoms with Gasteiger partial charge >= 0.3 is 0 Å². The highest BCUT2D eigenvalue weighted by atomic mass is 16.7. The molecule has 0 fully saturated rings. The quantitative estimate of drug-likeness (QED) is 0.652. The van der Waals surface area contributed by atoms with Gasteiger partial charge in [-0.1, -0.05) is 45.1 Å². The number of rotatable bonds is 10. The molecule has 3 nitrogen and oxygen atoms in total. The van der Waals surface area contributed by atoms with Gasteiger partial charge in [0.25, 0.3) is 0 Å². The van der Waals surface area contributed by atoms with Gasteiger partial charge in [0, 0.05) is 6.04 Å². The second-order valence-corrected chi connectivity index (χ2v) is 6.01. The van der Waals surface area contributed by atoms with Crippen LogP contribution in [0.5, 0.6) is 11.5 Å². The molecule has 1 atom stereocenters. The predicted octanol–water partition coefficient (Wildman–Crippen LogP) is 4.30. The van der Waals surface area contributed by atoms with E-state index in [1.165, 1.54) is 44.1 Å². The number of unbranched alkanes of at least 4 members (excludes halogenated alkanes) is 5. The zero-order valence-corrected chi connectivity index (χ0v) is 13.5. The van der Waals surface area contributed by atoms with Crippen molar-refractivity contribution >= 4 is 0 Å². The van der Waals surface area contributed by atoms with Crippen molar-refractivity contribution in [2.45, 2.75) is 64.8 Å². The monoisotopic (exact) mass is 291 g/mol. The Morgan fingerprint density at radius 3 is 2.67 bits per heavy atom. The van der Waals surface area contributed by atoms with Crippen molar-refractivity contribution in [1.82, 2.24) is 5.32 Å². The number of fused-ring (bicyclic) bond motifs is 1. The van der Waals surface area contributed by atoms with E-state index in [2.05, 4.69) is 31.3 Å². The summed E-state index contributed by atoms with van der Waals surface area (Å²) in [4.78, 5) is 0. The zero-order chi connectivity index (χ0) is 14.9. The van der Waals surface area contributed by atoms with Gasteiger partial charge in [-0.3, -0.25) is 0 Å². The second kappa shape index (κ2) is 8.93. The number of benzene rings is 1. The highest BCUT2D eigenvalue weighted by molar-refractivity contribution is 5.44. The predicted molar refractivity (Wildman–Crippen MR) is 87.1 cm³/mol. The molecule has 1 aromatic rings. The minimum Gasteiger partial charge on any atom is -0.454 e. The van der Waals surface area contributed by atoms with Crippen LogP contribution in [0, 0.1) is 0 Å². The molecule has 1 unspecified atom stereocenters. The molecule has 2 rings (SSSR count). The molecule has 0 aromatic heterocycles. The molecule has 118 valence electrons. The highest BCUT2D eigenvalue weighted by Gasteiger charge is 2.13. The van der Waals surface area contributed by atoms with Crippen LogP contribution < -0.4 is 14.8 Å². The third-order valence-corrected chi connectivity index (χ3v) is 4.00. The van der Waals surface area contributed by atoms with Crippen LogP contribution >= 0.6 is 0 Å². The molecule has 3 heteroatoms.